The molecule has 5 heteroatoms. The van der Waals surface area contributed by atoms with Crippen molar-refractivity contribution >= 4 is 5.97 Å². The summed E-state index contributed by atoms with van der Waals surface area (Å²) in [6, 6.07) is 0. The number of hydrogen-bond donors (Lipinski definition) is 3. The Kier molecular flexibility index (Phi) is 5.36. The molecular formula is C12H23NO4. The Hall–Kier alpha value is -0.650. The van der Waals surface area contributed by atoms with Gasteiger partial charge in [-0.3, -0.25) is 0 Å². The van der Waals surface area contributed by atoms with Crippen molar-refractivity contribution in [2.45, 2.75) is 57.3 Å². The summed E-state index contributed by atoms with van der Waals surface area (Å²) in [7, 11) is 0. The van der Waals surface area contributed by atoms with Gasteiger partial charge in [-0.25, -0.2) is 4.79 Å². The molecule has 0 aromatic heterocycles. The number of carboxylic acids is 1. The van der Waals surface area contributed by atoms with Crippen LogP contribution in [0.15, 0.2) is 0 Å². The molecule has 1 aliphatic heterocycles. The first kappa shape index (κ1) is 14.4. The second-order valence-electron chi connectivity index (χ2n) is 5.04. The summed E-state index contributed by atoms with van der Waals surface area (Å²) in [5.74, 6) is -0.884. The molecule has 17 heavy (non-hydrogen) atoms. The van der Waals surface area contributed by atoms with Gasteiger partial charge in [0.05, 0.1) is 11.7 Å². The van der Waals surface area contributed by atoms with E-state index in [4.69, 9.17) is 9.84 Å². The summed E-state index contributed by atoms with van der Waals surface area (Å²) >= 11 is 0. The molecule has 0 spiro atoms. The SMILES string of the molecule is CCCC(C)(O)CNCC1CCC(C(=O)O)O1. The fraction of sp³-hybridized carbons (Fsp3) is 0.917. The highest BCUT2D eigenvalue weighted by Gasteiger charge is 2.30. The quantitative estimate of drug-likeness (QED) is 0.617. The summed E-state index contributed by atoms with van der Waals surface area (Å²) in [6.07, 6.45) is 2.33. The molecule has 1 rings (SSSR count). The topological polar surface area (TPSA) is 78.8 Å². The molecule has 1 heterocycles. The number of aliphatic carboxylic acids is 1. The van der Waals surface area contributed by atoms with Crippen LogP contribution in [0.5, 0.6) is 0 Å². The minimum absolute atomic E-state index is 0.0477. The Morgan fingerprint density at radius 3 is 2.76 bits per heavy atom. The molecular weight excluding hydrogens is 222 g/mol. The zero-order chi connectivity index (χ0) is 12.9. The first-order valence-electron chi connectivity index (χ1n) is 6.26. The smallest absolute Gasteiger partial charge is 0.332 e. The highest BCUT2D eigenvalue weighted by molar-refractivity contribution is 5.72. The van der Waals surface area contributed by atoms with Crippen LogP contribution >= 0.6 is 0 Å². The number of nitrogens with one attached hydrogen (secondary N) is 1. The predicted molar refractivity (Wildman–Crippen MR) is 63.9 cm³/mol. The molecule has 0 amide bonds. The van der Waals surface area contributed by atoms with Gasteiger partial charge in [0.25, 0.3) is 0 Å². The molecule has 0 radical (unpaired) electrons. The Balaban J connectivity index is 2.18. The van der Waals surface area contributed by atoms with Crippen LogP contribution in [0.3, 0.4) is 0 Å². The molecule has 0 saturated carbocycles. The molecule has 3 N–H and O–H groups in total. The van der Waals surface area contributed by atoms with Gasteiger partial charge in [0, 0.05) is 13.1 Å². The third kappa shape index (κ3) is 5.02. The van der Waals surface area contributed by atoms with Gasteiger partial charge in [-0.15, -0.1) is 0 Å². The molecule has 1 fully saturated rings. The van der Waals surface area contributed by atoms with Crippen LogP contribution in [-0.4, -0.2) is 47.1 Å². The average molecular weight is 245 g/mol. The van der Waals surface area contributed by atoms with E-state index in [9.17, 15) is 9.90 Å². The van der Waals surface area contributed by atoms with Crippen LogP contribution in [0.2, 0.25) is 0 Å². The van der Waals surface area contributed by atoms with E-state index >= 15 is 0 Å². The number of aliphatic hydroxyl groups is 1. The maximum Gasteiger partial charge on any atom is 0.332 e. The van der Waals surface area contributed by atoms with Crippen LogP contribution in [0.1, 0.15) is 39.5 Å². The highest BCUT2D eigenvalue weighted by Crippen LogP contribution is 2.19. The maximum atomic E-state index is 10.7. The molecule has 1 saturated heterocycles. The van der Waals surface area contributed by atoms with Crippen molar-refractivity contribution in [3.05, 3.63) is 0 Å². The van der Waals surface area contributed by atoms with Gasteiger partial charge in [-0.2, -0.15) is 0 Å². The van der Waals surface area contributed by atoms with E-state index in [2.05, 4.69) is 5.32 Å². The fourth-order valence-corrected chi connectivity index (χ4v) is 2.17. The third-order valence-corrected chi connectivity index (χ3v) is 3.05. The molecule has 3 unspecified atom stereocenters. The Morgan fingerprint density at radius 2 is 2.24 bits per heavy atom. The van der Waals surface area contributed by atoms with Crippen LogP contribution in [0, 0.1) is 0 Å². The van der Waals surface area contributed by atoms with E-state index in [1.54, 1.807) is 6.92 Å². The van der Waals surface area contributed by atoms with Crippen molar-refractivity contribution in [1.82, 2.24) is 5.32 Å². The first-order valence-corrected chi connectivity index (χ1v) is 6.26. The van der Waals surface area contributed by atoms with Crippen LogP contribution in [0.25, 0.3) is 0 Å². The maximum absolute atomic E-state index is 10.7. The Labute approximate surface area is 102 Å². The standard InChI is InChI=1S/C12H23NO4/c1-3-6-12(2,16)8-13-7-9-4-5-10(17-9)11(14)15/h9-10,13,16H,3-8H2,1-2H3,(H,14,15). The van der Waals surface area contributed by atoms with E-state index in [-0.39, 0.29) is 6.10 Å². The summed E-state index contributed by atoms with van der Waals surface area (Å²) in [5.41, 5.74) is -0.695. The molecule has 3 atom stereocenters. The minimum Gasteiger partial charge on any atom is -0.479 e. The number of carbonyl (C=O) groups is 1. The molecule has 0 aliphatic carbocycles. The van der Waals surface area contributed by atoms with E-state index in [1.807, 2.05) is 6.92 Å². The molecule has 100 valence electrons. The summed E-state index contributed by atoms with van der Waals surface area (Å²) in [5, 5.41) is 21.8. The molecule has 0 aromatic rings. The number of rotatable bonds is 7. The van der Waals surface area contributed by atoms with Crippen molar-refractivity contribution in [3.63, 3.8) is 0 Å². The lowest BCUT2D eigenvalue weighted by Gasteiger charge is -2.24. The first-order chi connectivity index (χ1) is 7.94. The second kappa shape index (κ2) is 6.33. The molecule has 0 bridgehead atoms. The number of hydrogen-bond acceptors (Lipinski definition) is 4. The Morgan fingerprint density at radius 1 is 1.53 bits per heavy atom. The van der Waals surface area contributed by atoms with Crippen LogP contribution < -0.4 is 5.32 Å². The van der Waals surface area contributed by atoms with Gasteiger partial charge < -0.3 is 20.3 Å². The van der Waals surface area contributed by atoms with E-state index in [0.717, 1.165) is 19.3 Å². The normalized spacial score (nSPS) is 27.9. The monoisotopic (exact) mass is 245 g/mol. The lowest BCUT2D eigenvalue weighted by Crippen LogP contribution is -2.40. The Bertz CT molecular complexity index is 255. The second-order valence-corrected chi connectivity index (χ2v) is 5.04. The van der Waals surface area contributed by atoms with Crippen molar-refractivity contribution < 1.29 is 19.7 Å². The molecule has 0 aromatic carbocycles. The lowest BCUT2D eigenvalue weighted by molar-refractivity contribution is -0.149. The molecule has 1 aliphatic rings. The van der Waals surface area contributed by atoms with Crippen molar-refractivity contribution in [2.75, 3.05) is 13.1 Å². The van der Waals surface area contributed by atoms with Gasteiger partial charge in [0.2, 0.25) is 0 Å². The highest BCUT2D eigenvalue weighted by atomic mass is 16.5. The average Bonchev–Trinajstić information content (AvgIpc) is 2.66. The molecule has 5 nitrogen and oxygen atoms in total. The minimum atomic E-state index is -0.884. The van der Waals surface area contributed by atoms with Crippen molar-refractivity contribution in [1.29, 1.82) is 0 Å². The van der Waals surface area contributed by atoms with Gasteiger partial charge >= 0.3 is 5.97 Å². The van der Waals surface area contributed by atoms with Gasteiger partial charge in [-0.1, -0.05) is 13.3 Å². The lowest BCUT2D eigenvalue weighted by atomic mass is 10.0. The van der Waals surface area contributed by atoms with E-state index in [0.29, 0.717) is 19.5 Å². The van der Waals surface area contributed by atoms with Crippen molar-refractivity contribution in [2.24, 2.45) is 0 Å². The van der Waals surface area contributed by atoms with E-state index < -0.39 is 17.7 Å². The fourth-order valence-electron chi connectivity index (χ4n) is 2.17. The van der Waals surface area contributed by atoms with Crippen LogP contribution in [0.4, 0.5) is 0 Å². The van der Waals surface area contributed by atoms with Crippen molar-refractivity contribution in [3.8, 4) is 0 Å². The van der Waals surface area contributed by atoms with E-state index in [1.165, 1.54) is 0 Å². The van der Waals surface area contributed by atoms with Gasteiger partial charge in [0.1, 0.15) is 0 Å². The van der Waals surface area contributed by atoms with Crippen LogP contribution in [-0.2, 0) is 9.53 Å². The van der Waals surface area contributed by atoms with Gasteiger partial charge in [-0.05, 0) is 26.2 Å². The zero-order valence-corrected chi connectivity index (χ0v) is 10.6. The summed E-state index contributed by atoms with van der Waals surface area (Å²) < 4.78 is 5.35. The third-order valence-electron chi connectivity index (χ3n) is 3.05. The number of ether oxygens (including phenoxy) is 1. The zero-order valence-electron chi connectivity index (χ0n) is 10.6. The summed E-state index contributed by atoms with van der Waals surface area (Å²) in [4.78, 5) is 10.7. The largest absolute Gasteiger partial charge is 0.479 e. The predicted octanol–water partition coefficient (Wildman–Crippen LogP) is 0.759. The van der Waals surface area contributed by atoms with Gasteiger partial charge in [0.15, 0.2) is 6.10 Å². The summed E-state index contributed by atoms with van der Waals surface area (Å²) in [6.45, 7) is 4.95. The number of carboxylic acid groups (broad SMARTS) is 1.